The Morgan fingerprint density at radius 1 is 1.05 bits per heavy atom. The van der Waals surface area contributed by atoms with Crippen LogP contribution < -0.4 is 5.32 Å². The Morgan fingerprint density at radius 3 is 2.47 bits per heavy atom. The summed E-state index contributed by atoms with van der Waals surface area (Å²) in [6, 6.07) is 3.30. The molecule has 1 aromatic carbocycles. The second kappa shape index (κ2) is 9.46. The average molecular weight is 304 g/mol. The summed E-state index contributed by atoms with van der Waals surface area (Å²) in [5, 5.41) is 14.0. The number of unbranched alkanes of at least 4 members (excludes halogenated alkanes) is 5. The zero-order valence-corrected chi connectivity index (χ0v) is 13.0. The first-order valence-corrected chi connectivity index (χ1v) is 7.78. The molecule has 0 saturated heterocycles. The normalized spacial score (nSPS) is 10.9. The van der Waals surface area contributed by atoms with Gasteiger partial charge in [-0.1, -0.05) is 62.2 Å². The van der Waals surface area contributed by atoms with Gasteiger partial charge in [-0.2, -0.15) is 0 Å². The van der Waals surface area contributed by atoms with E-state index < -0.39 is 0 Å². The summed E-state index contributed by atoms with van der Waals surface area (Å²) in [6.07, 6.45) is 7.69. The molecular weight excluding hydrogens is 281 g/mol. The molecule has 0 aliphatic heterocycles. The van der Waals surface area contributed by atoms with E-state index in [4.69, 9.17) is 23.2 Å². The van der Waals surface area contributed by atoms with Crippen LogP contribution in [0.4, 0.5) is 0 Å². The molecule has 0 heterocycles. The van der Waals surface area contributed by atoms with Crippen LogP contribution >= 0.6 is 23.2 Å². The van der Waals surface area contributed by atoms with Gasteiger partial charge >= 0.3 is 0 Å². The highest BCUT2D eigenvalue weighted by Gasteiger charge is 2.07. The molecule has 2 nitrogen and oxygen atoms in total. The van der Waals surface area contributed by atoms with Crippen molar-refractivity contribution in [3.63, 3.8) is 0 Å². The number of phenols is 1. The third kappa shape index (κ3) is 6.51. The van der Waals surface area contributed by atoms with Crippen LogP contribution in [0.15, 0.2) is 12.1 Å². The van der Waals surface area contributed by atoms with Gasteiger partial charge in [0, 0.05) is 17.1 Å². The van der Waals surface area contributed by atoms with Crippen LogP contribution in [0.3, 0.4) is 0 Å². The first-order chi connectivity index (χ1) is 9.15. The van der Waals surface area contributed by atoms with Crippen molar-refractivity contribution in [1.29, 1.82) is 0 Å². The minimum absolute atomic E-state index is 0.126. The Hall–Kier alpha value is -0.440. The standard InChI is InChI=1S/C15H23Cl2NO/c1-2-3-4-5-6-7-8-18-11-12-9-13(16)10-14(17)15(12)19/h9-10,18-19H,2-8,11H2,1H3. The van der Waals surface area contributed by atoms with Crippen molar-refractivity contribution in [2.24, 2.45) is 0 Å². The highest BCUT2D eigenvalue weighted by molar-refractivity contribution is 6.35. The van der Waals surface area contributed by atoms with Crippen molar-refractivity contribution >= 4 is 23.2 Å². The van der Waals surface area contributed by atoms with Gasteiger partial charge in [-0.25, -0.2) is 0 Å². The van der Waals surface area contributed by atoms with E-state index in [-0.39, 0.29) is 5.75 Å². The van der Waals surface area contributed by atoms with Crippen molar-refractivity contribution in [3.8, 4) is 5.75 Å². The monoisotopic (exact) mass is 303 g/mol. The molecule has 0 aromatic heterocycles. The number of nitrogens with one attached hydrogen (secondary N) is 1. The van der Waals surface area contributed by atoms with Crippen LogP contribution in [0.1, 0.15) is 51.0 Å². The van der Waals surface area contributed by atoms with E-state index in [1.54, 1.807) is 12.1 Å². The molecule has 0 amide bonds. The zero-order valence-electron chi connectivity index (χ0n) is 11.5. The lowest BCUT2D eigenvalue weighted by atomic mass is 10.1. The van der Waals surface area contributed by atoms with Crippen LogP contribution in [0.5, 0.6) is 5.75 Å². The largest absolute Gasteiger partial charge is 0.506 e. The summed E-state index contributed by atoms with van der Waals surface area (Å²) in [4.78, 5) is 0. The molecule has 0 fully saturated rings. The third-order valence-corrected chi connectivity index (χ3v) is 3.64. The molecule has 1 aromatic rings. The number of hydrogen-bond donors (Lipinski definition) is 2. The second-order valence-corrected chi connectivity index (χ2v) is 5.68. The molecular formula is C15H23Cl2NO. The summed E-state index contributed by atoms with van der Waals surface area (Å²) in [5.41, 5.74) is 0.753. The predicted molar refractivity (Wildman–Crippen MR) is 83.2 cm³/mol. The van der Waals surface area contributed by atoms with Gasteiger partial charge in [-0.3, -0.25) is 0 Å². The van der Waals surface area contributed by atoms with Crippen molar-refractivity contribution in [2.75, 3.05) is 6.54 Å². The number of aromatic hydroxyl groups is 1. The highest BCUT2D eigenvalue weighted by atomic mass is 35.5. The van der Waals surface area contributed by atoms with Gasteiger partial charge < -0.3 is 10.4 Å². The molecule has 0 spiro atoms. The molecule has 0 unspecified atom stereocenters. The molecule has 2 N–H and O–H groups in total. The van der Waals surface area contributed by atoms with E-state index in [9.17, 15) is 5.11 Å². The molecule has 0 bridgehead atoms. The van der Waals surface area contributed by atoms with Gasteiger partial charge in [0.2, 0.25) is 0 Å². The van der Waals surface area contributed by atoms with Crippen molar-refractivity contribution in [2.45, 2.75) is 52.0 Å². The van der Waals surface area contributed by atoms with Gasteiger partial charge in [0.05, 0.1) is 5.02 Å². The van der Waals surface area contributed by atoms with Crippen LogP contribution in [-0.4, -0.2) is 11.7 Å². The predicted octanol–water partition coefficient (Wildman–Crippen LogP) is 5.15. The van der Waals surface area contributed by atoms with Crippen molar-refractivity contribution in [1.82, 2.24) is 5.32 Å². The molecule has 0 radical (unpaired) electrons. The fraction of sp³-hybridized carbons (Fsp3) is 0.600. The topological polar surface area (TPSA) is 32.3 Å². The van der Waals surface area contributed by atoms with E-state index in [1.807, 2.05) is 0 Å². The molecule has 0 atom stereocenters. The Bertz CT molecular complexity index is 383. The Kier molecular flexibility index (Phi) is 8.27. The van der Waals surface area contributed by atoms with Crippen LogP contribution in [0, 0.1) is 0 Å². The molecule has 0 saturated carbocycles. The van der Waals surface area contributed by atoms with Crippen LogP contribution in [-0.2, 0) is 6.54 Å². The molecule has 19 heavy (non-hydrogen) atoms. The summed E-state index contributed by atoms with van der Waals surface area (Å²) in [7, 11) is 0. The maximum absolute atomic E-state index is 9.79. The first-order valence-electron chi connectivity index (χ1n) is 7.02. The van der Waals surface area contributed by atoms with E-state index in [0.29, 0.717) is 16.6 Å². The molecule has 108 valence electrons. The van der Waals surface area contributed by atoms with Gasteiger partial charge in [-0.05, 0) is 25.1 Å². The number of rotatable bonds is 9. The van der Waals surface area contributed by atoms with E-state index in [2.05, 4.69) is 12.2 Å². The number of hydrogen-bond acceptors (Lipinski definition) is 2. The second-order valence-electron chi connectivity index (χ2n) is 4.84. The van der Waals surface area contributed by atoms with E-state index in [0.717, 1.165) is 12.1 Å². The average Bonchev–Trinajstić information content (AvgIpc) is 2.38. The summed E-state index contributed by atoms with van der Waals surface area (Å²) >= 11 is 11.8. The Morgan fingerprint density at radius 2 is 1.74 bits per heavy atom. The van der Waals surface area contributed by atoms with Crippen molar-refractivity contribution < 1.29 is 5.11 Å². The Balaban J connectivity index is 2.19. The highest BCUT2D eigenvalue weighted by Crippen LogP contribution is 2.30. The van der Waals surface area contributed by atoms with Gasteiger partial charge in [-0.15, -0.1) is 0 Å². The lowest BCUT2D eigenvalue weighted by Crippen LogP contribution is -2.14. The van der Waals surface area contributed by atoms with Gasteiger partial charge in [0.1, 0.15) is 5.75 Å². The molecule has 4 heteroatoms. The fourth-order valence-corrected chi connectivity index (χ4v) is 2.54. The summed E-state index contributed by atoms with van der Waals surface area (Å²) < 4.78 is 0. The summed E-state index contributed by atoms with van der Waals surface area (Å²) in [5.74, 6) is 0.126. The number of phenolic OH excluding ortho intramolecular Hbond substituents is 1. The molecule has 0 aliphatic carbocycles. The van der Waals surface area contributed by atoms with E-state index in [1.165, 1.54) is 38.5 Å². The molecule has 1 rings (SSSR count). The SMILES string of the molecule is CCCCCCCCNCc1cc(Cl)cc(Cl)c1O. The van der Waals surface area contributed by atoms with Gasteiger partial charge in [0.25, 0.3) is 0 Å². The van der Waals surface area contributed by atoms with Crippen molar-refractivity contribution in [3.05, 3.63) is 27.7 Å². The quantitative estimate of drug-likeness (QED) is 0.618. The van der Waals surface area contributed by atoms with Crippen LogP contribution in [0.2, 0.25) is 10.0 Å². The van der Waals surface area contributed by atoms with E-state index >= 15 is 0 Å². The lowest BCUT2D eigenvalue weighted by molar-refractivity contribution is 0.464. The smallest absolute Gasteiger partial charge is 0.138 e. The van der Waals surface area contributed by atoms with Gasteiger partial charge in [0.15, 0.2) is 0 Å². The fourth-order valence-electron chi connectivity index (χ4n) is 2.01. The Labute approximate surface area is 126 Å². The maximum Gasteiger partial charge on any atom is 0.138 e. The summed E-state index contributed by atoms with van der Waals surface area (Å²) in [6.45, 7) is 3.78. The molecule has 0 aliphatic rings. The zero-order chi connectivity index (χ0) is 14.1. The minimum atomic E-state index is 0.126. The first kappa shape index (κ1) is 16.6. The number of benzene rings is 1. The third-order valence-electron chi connectivity index (χ3n) is 3.13. The lowest BCUT2D eigenvalue weighted by Gasteiger charge is -2.08. The number of halogens is 2. The maximum atomic E-state index is 9.79. The van der Waals surface area contributed by atoms with Crippen LogP contribution in [0.25, 0.3) is 0 Å². The minimum Gasteiger partial charge on any atom is -0.506 e.